The number of aromatic carboxylic acids is 1. The van der Waals surface area contributed by atoms with Gasteiger partial charge in [-0.2, -0.15) is 0 Å². The molecule has 0 amide bonds. The predicted octanol–water partition coefficient (Wildman–Crippen LogP) is 3.53. The molecule has 0 fully saturated rings. The van der Waals surface area contributed by atoms with E-state index in [0.29, 0.717) is 5.56 Å². The molecule has 0 aliphatic heterocycles. The standard InChI is InChI=1S/C11H14O2.C2H4/c1-2-3-6-9-7-4-5-8-10(9)11(12)13;1-2/h4-5,7-8H,2-3,6H2,1H3,(H,12,13);1-2H2. The van der Waals surface area contributed by atoms with Crippen molar-refractivity contribution < 1.29 is 9.90 Å². The predicted molar refractivity (Wildman–Crippen MR) is 63.3 cm³/mol. The van der Waals surface area contributed by atoms with Gasteiger partial charge in [0.2, 0.25) is 0 Å². The Kier molecular flexibility index (Phi) is 6.98. The van der Waals surface area contributed by atoms with Crippen molar-refractivity contribution in [3.05, 3.63) is 48.6 Å². The maximum absolute atomic E-state index is 10.8. The average molecular weight is 206 g/mol. The van der Waals surface area contributed by atoms with Crippen LogP contribution in [0.3, 0.4) is 0 Å². The van der Waals surface area contributed by atoms with Gasteiger partial charge in [-0.05, 0) is 24.5 Å². The second-order valence-corrected chi connectivity index (χ2v) is 3.07. The largest absolute Gasteiger partial charge is 0.478 e. The van der Waals surface area contributed by atoms with Gasteiger partial charge in [-0.25, -0.2) is 4.79 Å². The second-order valence-electron chi connectivity index (χ2n) is 3.07. The van der Waals surface area contributed by atoms with E-state index in [1.807, 2.05) is 12.1 Å². The van der Waals surface area contributed by atoms with Crippen molar-refractivity contribution >= 4 is 5.97 Å². The van der Waals surface area contributed by atoms with E-state index in [0.717, 1.165) is 24.8 Å². The van der Waals surface area contributed by atoms with E-state index in [-0.39, 0.29) is 0 Å². The number of unbranched alkanes of at least 4 members (excludes halogenated alkanes) is 1. The van der Waals surface area contributed by atoms with Crippen LogP contribution in [0.2, 0.25) is 0 Å². The number of carboxylic acids is 1. The fourth-order valence-electron chi connectivity index (χ4n) is 1.31. The van der Waals surface area contributed by atoms with Crippen molar-refractivity contribution in [2.24, 2.45) is 0 Å². The van der Waals surface area contributed by atoms with Gasteiger partial charge in [0.25, 0.3) is 0 Å². The number of benzene rings is 1. The zero-order chi connectivity index (χ0) is 11.7. The molecular formula is C13H18O2. The van der Waals surface area contributed by atoms with E-state index in [4.69, 9.17) is 5.11 Å². The van der Waals surface area contributed by atoms with E-state index in [2.05, 4.69) is 20.1 Å². The molecule has 0 saturated heterocycles. The third kappa shape index (κ3) is 4.45. The molecule has 0 bridgehead atoms. The lowest BCUT2D eigenvalue weighted by Crippen LogP contribution is -2.01. The van der Waals surface area contributed by atoms with Gasteiger partial charge in [0.05, 0.1) is 5.56 Å². The average Bonchev–Trinajstić information content (AvgIpc) is 2.29. The fraction of sp³-hybridized carbons (Fsp3) is 0.308. The molecule has 0 heterocycles. The van der Waals surface area contributed by atoms with Gasteiger partial charge < -0.3 is 5.11 Å². The second kappa shape index (κ2) is 7.80. The summed E-state index contributed by atoms with van der Waals surface area (Å²) in [6.45, 7) is 8.10. The molecule has 0 radical (unpaired) electrons. The van der Waals surface area contributed by atoms with E-state index >= 15 is 0 Å². The van der Waals surface area contributed by atoms with Crippen LogP contribution in [0.5, 0.6) is 0 Å². The Morgan fingerprint density at radius 3 is 2.47 bits per heavy atom. The molecule has 0 spiro atoms. The first-order valence-corrected chi connectivity index (χ1v) is 5.07. The van der Waals surface area contributed by atoms with Crippen molar-refractivity contribution in [2.75, 3.05) is 0 Å². The fourth-order valence-corrected chi connectivity index (χ4v) is 1.31. The monoisotopic (exact) mass is 206 g/mol. The van der Waals surface area contributed by atoms with Crippen molar-refractivity contribution in [1.29, 1.82) is 0 Å². The maximum atomic E-state index is 10.8. The molecule has 0 atom stereocenters. The van der Waals surface area contributed by atoms with Crippen LogP contribution in [0.15, 0.2) is 37.4 Å². The van der Waals surface area contributed by atoms with Gasteiger partial charge in [0.15, 0.2) is 0 Å². The summed E-state index contributed by atoms with van der Waals surface area (Å²) in [6.07, 6.45) is 3.00. The summed E-state index contributed by atoms with van der Waals surface area (Å²) in [6, 6.07) is 7.20. The van der Waals surface area contributed by atoms with Gasteiger partial charge in [0.1, 0.15) is 0 Å². The van der Waals surface area contributed by atoms with Gasteiger partial charge in [-0.15, -0.1) is 13.2 Å². The SMILES string of the molecule is C=C.CCCCc1ccccc1C(=O)O. The van der Waals surface area contributed by atoms with Gasteiger partial charge in [-0.1, -0.05) is 31.5 Å². The van der Waals surface area contributed by atoms with Crippen LogP contribution in [-0.2, 0) is 6.42 Å². The molecule has 2 nitrogen and oxygen atoms in total. The van der Waals surface area contributed by atoms with Gasteiger partial charge >= 0.3 is 5.97 Å². The van der Waals surface area contributed by atoms with Crippen LogP contribution >= 0.6 is 0 Å². The van der Waals surface area contributed by atoms with Crippen LogP contribution in [-0.4, -0.2) is 11.1 Å². The van der Waals surface area contributed by atoms with E-state index in [1.165, 1.54) is 0 Å². The van der Waals surface area contributed by atoms with Crippen LogP contribution < -0.4 is 0 Å². The van der Waals surface area contributed by atoms with Crippen molar-refractivity contribution in [2.45, 2.75) is 26.2 Å². The van der Waals surface area contributed by atoms with Crippen LogP contribution in [0, 0.1) is 0 Å². The molecule has 0 aliphatic carbocycles. The number of hydrogen-bond donors (Lipinski definition) is 1. The Balaban J connectivity index is 0.000000921. The molecule has 82 valence electrons. The summed E-state index contributed by atoms with van der Waals surface area (Å²) >= 11 is 0. The molecular weight excluding hydrogens is 188 g/mol. The number of carbonyl (C=O) groups is 1. The highest BCUT2D eigenvalue weighted by molar-refractivity contribution is 5.89. The lowest BCUT2D eigenvalue weighted by molar-refractivity contribution is 0.0695. The highest BCUT2D eigenvalue weighted by atomic mass is 16.4. The summed E-state index contributed by atoms with van der Waals surface area (Å²) in [7, 11) is 0. The van der Waals surface area contributed by atoms with Gasteiger partial charge in [0, 0.05) is 0 Å². The Bertz CT molecular complexity index is 305. The van der Waals surface area contributed by atoms with Crippen molar-refractivity contribution in [3.63, 3.8) is 0 Å². The third-order valence-electron chi connectivity index (χ3n) is 2.05. The summed E-state index contributed by atoms with van der Waals surface area (Å²) in [4.78, 5) is 10.8. The lowest BCUT2D eigenvalue weighted by atomic mass is 10.0. The summed E-state index contributed by atoms with van der Waals surface area (Å²) < 4.78 is 0. The Labute approximate surface area is 91.3 Å². The quantitative estimate of drug-likeness (QED) is 0.765. The molecule has 1 rings (SSSR count). The maximum Gasteiger partial charge on any atom is 0.335 e. The van der Waals surface area contributed by atoms with E-state index in [9.17, 15) is 4.79 Å². The first-order chi connectivity index (χ1) is 7.25. The number of aryl methyl sites for hydroxylation is 1. The number of carboxylic acid groups (broad SMARTS) is 1. The van der Waals surface area contributed by atoms with Crippen molar-refractivity contribution in [1.82, 2.24) is 0 Å². The minimum Gasteiger partial charge on any atom is -0.478 e. The molecule has 0 saturated carbocycles. The molecule has 1 aromatic rings. The normalized spacial score (nSPS) is 8.87. The molecule has 15 heavy (non-hydrogen) atoms. The smallest absolute Gasteiger partial charge is 0.335 e. The molecule has 1 aromatic carbocycles. The number of hydrogen-bond acceptors (Lipinski definition) is 1. The highest BCUT2D eigenvalue weighted by Crippen LogP contribution is 2.11. The first-order valence-electron chi connectivity index (χ1n) is 5.07. The highest BCUT2D eigenvalue weighted by Gasteiger charge is 2.07. The van der Waals surface area contributed by atoms with Gasteiger partial charge in [-0.3, -0.25) is 0 Å². The molecule has 2 heteroatoms. The Hall–Kier alpha value is -1.57. The Morgan fingerprint density at radius 1 is 1.33 bits per heavy atom. The molecule has 0 aromatic heterocycles. The lowest BCUT2D eigenvalue weighted by Gasteiger charge is -2.03. The van der Waals surface area contributed by atoms with Crippen molar-refractivity contribution in [3.8, 4) is 0 Å². The first kappa shape index (κ1) is 13.4. The molecule has 1 N–H and O–H groups in total. The number of rotatable bonds is 4. The zero-order valence-electron chi connectivity index (χ0n) is 9.20. The summed E-state index contributed by atoms with van der Waals surface area (Å²) in [5.41, 5.74) is 1.38. The summed E-state index contributed by atoms with van der Waals surface area (Å²) in [5, 5.41) is 8.86. The third-order valence-corrected chi connectivity index (χ3v) is 2.05. The van der Waals surface area contributed by atoms with E-state index < -0.39 is 5.97 Å². The summed E-state index contributed by atoms with van der Waals surface area (Å²) in [5.74, 6) is -0.827. The molecule has 0 unspecified atom stereocenters. The topological polar surface area (TPSA) is 37.3 Å². The van der Waals surface area contributed by atoms with Crippen LogP contribution in [0.25, 0.3) is 0 Å². The van der Waals surface area contributed by atoms with Crippen LogP contribution in [0.1, 0.15) is 35.7 Å². The van der Waals surface area contributed by atoms with Crippen LogP contribution in [0.4, 0.5) is 0 Å². The minimum atomic E-state index is -0.827. The minimum absolute atomic E-state index is 0.441. The zero-order valence-corrected chi connectivity index (χ0v) is 9.20. The van der Waals surface area contributed by atoms with E-state index in [1.54, 1.807) is 12.1 Å². The Morgan fingerprint density at radius 2 is 1.93 bits per heavy atom. The molecule has 0 aliphatic rings.